The summed E-state index contributed by atoms with van der Waals surface area (Å²) >= 11 is 0. The van der Waals surface area contributed by atoms with Crippen molar-refractivity contribution in [1.29, 1.82) is 0 Å². The van der Waals surface area contributed by atoms with Gasteiger partial charge in [-0.3, -0.25) is 0 Å². The van der Waals surface area contributed by atoms with Gasteiger partial charge in [-0.2, -0.15) is 0 Å². The third-order valence-corrected chi connectivity index (χ3v) is 9.30. The molecule has 1 aromatic carbocycles. The van der Waals surface area contributed by atoms with Crippen molar-refractivity contribution in [1.82, 2.24) is 0 Å². The maximum absolute atomic E-state index is 12.0. The fourth-order valence-corrected chi connectivity index (χ4v) is 6.86. The first-order valence-corrected chi connectivity index (χ1v) is 15.5. The highest BCUT2D eigenvalue weighted by molar-refractivity contribution is 5.87. The van der Waals surface area contributed by atoms with Gasteiger partial charge in [0.25, 0.3) is 0 Å². The second-order valence-electron chi connectivity index (χ2n) is 12.1. The van der Waals surface area contributed by atoms with Gasteiger partial charge in [-0.1, -0.05) is 76.3 Å². The molecule has 0 bridgehead atoms. The predicted octanol–water partition coefficient (Wildman–Crippen LogP) is 8.29. The number of esters is 1. The van der Waals surface area contributed by atoms with Crippen molar-refractivity contribution in [2.45, 2.75) is 103 Å². The summed E-state index contributed by atoms with van der Waals surface area (Å²) in [5, 5.41) is 0. The van der Waals surface area contributed by atoms with Gasteiger partial charge in [0.05, 0.1) is 25.4 Å². The number of unbranched alkanes of at least 4 members (excludes halogenated alkanes) is 2. The molecule has 2 saturated carbocycles. The van der Waals surface area contributed by atoms with Crippen LogP contribution in [0.3, 0.4) is 0 Å². The summed E-state index contributed by atoms with van der Waals surface area (Å²) in [6.07, 6.45) is 19.1. The Labute approximate surface area is 232 Å². The molecular weight excluding hydrogens is 472 g/mol. The number of hydrogen-bond donors (Lipinski definition) is 0. The van der Waals surface area contributed by atoms with Crippen molar-refractivity contribution in [2.24, 2.45) is 23.7 Å². The van der Waals surface area contributed by atoms with E-state index in [0.717, 1.165) is 36.5 Å². The SMILES string of the molecule is C=C(COC)C(=O)OCC(CCc1ccc(C2CCC(C3CCC(CCCCC)CC3)CC2)cc1)COC. The van der Waals surface area contributed by atoms with Crippen LogP contribution in [-0.2, 0) is 25.4 Å². The van der Waals surface area contributed by atoms with Gasteiger partial charge >= 0.3 is 5.97 Å². The molecular formula is C34H54O4. The van der Waals surface area contributed by atoms with Crippen LogP contribution in [0.15, 0.2) is 36.4 Å². The lowest BCUT2D eigenvalue weighted by Gasteiger charge is -2.38. The van der Waals surface area contributed by atoms with Crippen LogP contribution in [0.2, 0.25) is 0 Å². The van der Waals surface area contributed by atoms with E-state index >= 15 is 0 Å². The standard InChI is InChI=1S/C34H54O4/c1-5-6-7-8-27-11-15-30(16-12-27)32-19-21-33(22-20-32)31-17-13-28(14-18-31)9-10-29(24-37-4)25-38-34(35)26(2)23-36-3/h13-14,17-18,27,29-30,32-33H,2,5-12,15-16,19-25H2,1,3-4H3. The van der Waals surface area contributed by atoms with E-state index < -0.39 is 0 Å². The maximum atomic E-state index is 12.0. The average Bonchev–Trinajstić information content (AvgIpc) is 2.95. The zero-order chi connectivity index (χ0) is 27.2. The Hall–Kier alpha value is -1.65. The van der Waals surface area contributed by atoms with Crippen molar-refractivity contribution in [3.8, 4) is 0 Å². The van der Waals surface area contributed by atoms with Crippen molar-refractivity contribution in [3.05, 3.63) is 47.5 Å². The van der Waals surface area contributed by atoms with Crippen LogP contribution >= 0.6 is 0 Å². The van der Waals surface area contributed by atoms with E-state index in [1.165, 1.54) is 88.2 Å². The Balaban J connectivity index is 1.38. The Kier molecular flexibility index (Phi) is 13.9. The van der Waals surface area contributed by atoms with Gasteiger partial charge in [-0.25, -0.2) is 4.79 Å². The lowest BCUT2D eigenvalue weighted by Crippen LogP contribution is -2.25. The molecule has 1 atom stereocenters. The number of carbonyl (C=O) groups is 1. The van der Waals surface area contributed by atoms with Crippen molar-refractivity contribution in [3.63, 3.8) is 0 Å². The molecule has 1 aromatic rings. The molecule has 1 unspecified atom stereocenters. The van der Waals surface area contributed by atoms with E-state index in [1.54, 1.807) is 14.2 Å². The van der Waals surface area contributed by atoms with E-state index in [4.69, 9.17) is 14.2 Å². The van der Waals surface area contributed by atoms with Crippen molar-refractivity contribution < 1.29 is 19.0 Å². The molecule has 4 nitrogen and oxygen atoms in total. The van der Waals surface area contributed by atoms with E-state index in [9.17, 15) is 4.79 Å². The minimum atomic E-state index is -0.387. The summed E-state index contributed by atoms with van der Waals surface area (Å²) in [4.78, 5) is 12.0. The Morgan fingerprint density at radius 1 is 0.895 bits per heavy atom. The summed E-state index contributed by atoms with van der Waals surface area (Å²) < 4.78 is 15.8. The number of rotatable bonds is 16. The van der Waals surface area contributed by atoms with Crippen LogP contribution in [0, 0.1) is 23.7 Å². The van der Waals surface area contributed by atoms with Crippen LogP contribution in [0.1, 0.15) is 107 Å². The second-order valence-corrected chi connectivity index (χ2v) is 12.1. The van der Waals surface area contributed by atoms with E-state index in [2.05, 4.69) is 37.8 Å². The quantitative estimate of drug-likeness (QED) is 0.123. The van der Waals surface area contributed by atoms with Gasteiger partial charge in [-0.15, -0.1) is 0 Å². The van der Waals surface area contributed by atoms with E-state index in [0.29, 0.717) is 18.8 Å². The molecule has 3 rings (SSSR count). The number of carbonyl (C=O) groups excluding carboxylic acids is 1. The largest absolute Gasteiger partial charge is 0.462 e. The Morgan fingerprint density at radius 2 is 1.55 bits per heavy atom. The lowest BCUT2D eigenvalue weighted by molar-refractivity contribution is -0.141. The molecule has 0 radical (unpaired) electrons. The summed E-state index contributed by atoms with van der Waals surface area (Å²) in [5.41, 5.74) is 3.21. The lowest BCUT2D eigenvalue weighted by atomic mass is 9.68. The van der Waals surface area contributed by atoms with Crippen LogP contribution in [0.4, 0.5) is 0 Å². The number of benzene rings is 1. The maximum Gasteiger partial charge on any atom is 0.335 e. The molecule has 0 heterocycles. The number of hydrogen-bond acceptors (Lipinski definition) is 4. The first-order chi connectivity index (χ1) is 18.5. The summed E-state index contributed by atoms with van der Waals surface area (Å²) in [6.45, 7) is 7.15. The number of ether oxygens (including phenoxy) is 3. The van der Waals surface area contributed by atoms with Crippen molar-refractivity contribution in [2.75, 3.05) is 34.0 Å². The molecule has 0 saturated heterocycles. The Morgan fingerprint density at radius 3 is 2.16 bits per heavy atom. The summed E-state index contributed by atoms with van der Waals surface area (Å²) in [5.74, 6) is 3.50. The molecule has 0 spiro atoms. The molecule has 214 valence electrons. The monoisotopic (exact) mass is 526 g/mol. The van der Waals surface area contributed by atoms with Gasteiger partial charge in [0.15, 0.2) is 0 Å². The molecule has 2 aliphatic carbocycles. The molecule has 0 amide bonds. The van der Waals surface area contributed by atoms with Gasteiger partial charge in [0.2, 0.25) is 0 Å². The minimum Gasteiger partial charge on any atom is -0.462 e. The average molecular weight is 527 g/mol. The molecule has 4 heteroatoms. The molecule has 2 fully saturated rings. The van der Waals surface area contributed by atoms with E-state index in [1.807, 2.05) is 0 Å². The topological polar surface area (TPSA) is 44.8 Å². The van der Waals surface area contributed by atoms with Crippen LogP contribution < -0.4 is 0 Å². The molecule has 38 heavy (non-hydrogen) atoms. The third kappa shape index (κ3) is 10.2. The number of methoxy groups -OCH3 is 2. The smallest absolute Gasteiger partial charge is 0.335 e. The van der Waals surface area contributed by atoms with Gasteiger partial charge in [-0.05, 0) is 86.2 Å². The summed E-state index contributed by atoms with van der Waals surface area (Å²) in [7, 11) is 3.24. The van der Waals surface area contributed by atoms with Gasteiger partial charge < -0.3 is 14.2 Å². The highest BCUT2D eigenvalue weighted by Crippen LogP contribution is 2.44. The molecule has 0 aliphatic heterocycles. The zero-order valence-corrected chi connectivity index (χ0v) is 24.6. The highest BCUT2D eigenvalue weighted by Gasteiger charge is 2.31. The van der Waals surface area contributed by atoms with Crippen molar-refractivity contribution >= 4 is 5.97 Å². The normalized spacial score (nSPS) is 24.6. The van der Waals surface area contributed by atoms with Gasteiger partial charge in [0.1, 0.15) is 0 Å². The highest BCUT2D eigenvalue weighted by atomic mass is 16.5. The third-order valence-electron chi connectivity index (χ3n) is 9.30. The predicted molar refractivity (Wildman–Crippen MR) is 156 cm³/mol. The fraction of sp³-hybridized carbons (Fsp3) is 0.735. The molecule has 0 aromatic heterocycles. The van der Waals surface area contributed by atoms with Crippen LogP contribution in [0.5, 0.6) is 0 Å². The van der Waals surface area contributed by atoms with Crippen LogP contribution in [0.25, 0.3) is 0 Å². The molecule has 0 N–H and O–H groups in total. The van der Waals surface area contributed by atoms with Gasteiger partial charge in [0, 0.05) is 20.1 Å². The fourth-order valence-electron chi connectivity index (χ4n) is 6.86. The van der Waals surface area contributed by atoms with Crippen LogP contribution in [-0.4, -0.2) is 40.0 Å². The zero-order valence-electron chi connectivity index (χ0n) is 24.6. The second kappa shape index (κ2) is 17.1. The first-order valence-electron chi connectivity index (χ1n) is 15.5. The minimum absolute atomic E-state index is 0.167. The Bertz CT molecular complexity index is 800. The first kappa shape index (κ1) is 30.9. The number of aryl methyl sites for hydroxylation is 1. The van der Waals surface area contributed by atoms with E-state index in [-0.39, 0.29) is 18.5 Å². The molecule has 2 aliphatic rings. The summed E-state index contributed by atoms with van der Waals surface area (Å²) in [6, 6.07) is 9.33.